The molecule has 0 bridgehead atoms. The van der Waals surface area contributed by atoms with Crippen LogP contribution in [0.15, 0.2) is 42.1 Å². The van der Waals surface area contributed by atoms with Crippen molar-refractivity contribution in [3.05, 3.63) is 47.7 Å². The monoisotopic (exact) mass is 265 g/mol. The first-order chi connectivity index (χ1) is 9.76. The first-order valence-electron chi connectivity index (χ1n) is 6.50. The third-order valence-corrected chi connectivity index (χ3v) is 2.88. The molecule has 0 saturated carbocycles. The number of aromatic nitrogens is 1. The number of rotatable bonds is 4. The summed E-state index contributed by atoms with van der Waals surface area (Å²) in [6.07, 6.45) is 4.16. The van der Waals surface area contributed by atoms with Gasteiger partial charge in [-0.25, -0.2) is 0 Å². The number of carbonyl (C=O) groups is 1. The lowest BCUT2D eigenvalue weighted by Gasteiger charge is -2.04. The lowest BCUT2D eigenvalue weighted by molar-refractivity contribution is -0.117. The van der Waals surface area contributed by atoms with Crippen molar-refractivity contribution in [2.45, 2.75) is 13.3 Å². The molecule has 0 aliphatic heterocycles. The lowest BCUT2D eigenvalue weighted by atomic mass is 10.1. The summed E-state index contributed by atoms with van der Waals surface area (Å²) in [6, 6.07) is 11.3. The van der Waals surface area contributed by atoms with E-state index in [0.717, 1.165) is 22.9 Å². The van der Waals surface area contributed by atoms with Gasteiger partial charge in [0, 0.05) is 18.1 Å². The van der Waals surface area contributed by atoms with Gasteiger partial charge in [-0.2, -0.15) is 5.26 Å². The van der Waals surface area contributed by atoms with Gasteiger partial charge in [0.25, 0.3) is 5.91 Å². The number of hydrogen-bond acceptors (Lipinski definition) is 3. The highest BCUT2D eigenvalue weighted by Gasteiger charge is 2.09. The van der Waals surface area contributed by atoms with Crippen molar-refractivity contribution >= 4 is 22.9 Å². The predicted molar refractivity (Wildman–Crippen MR) is 78.6 cm³/mol. The standard InChI is InChI=1S/C16H15N3O/c1-2-8-19-16(20)13(11-17)10-12-5-3-7-15-14(12)6-4-9-18-15/h3-7,9-10H,2,8H2,1H3,(H,19,20)/b13-10+. The zero-order valence-corrected chi connectivity index (χ0v) is 11.3. The fourth-order valence-electron chi connectivity index (χ4n) is 1.89. The van der Waals surface area contributed by atoms with Gasteiger partial charge in [-0.15, -0.1) is 0 Å². The molecule has 4 heteroatoms. The largest absolute Gasteiger partial charge is 0.351 e. The number of benzene rings is 1. The number of hydrogen-bond donors (Lipinski definition) is 1. The van der Waals surface area contributed by atoms with E-state index < -0.39 is 0 Å². The van der Waals surface area contributed by atoms with Gasteiger partial charge in [0.05, 0.1) is 5.52 Å². The van der Waals surface area contributed by atoms with Crippen LogP contribution >= 0.6 is 0 Å². The molecule has 20 heavy (non-hydrogen) atoms. The SMILES string of the molecule is CCCNC(=O)/C(C#N)=C/c1cccc2ncccc12. The topological polar surface area (TPSA) is 65.8 Å². The van der Waals surface area contributed by atoms with Crippen LogP contribution in [0.2, 0.25) is 0 Å². The van der Waals surface area contributed by atoms with Crippen LogP contribution in [0.5, 0.6) is 0 Å². The third kappa shape index (κ3) is 3.01. The van der Waals surface area contributed by atoms with E-state index in [9.17, 15) is 4.79 Å². The average molecular weight is 265 g/mol. The summed E-state index contributed by atoms with van der Waals surface area (Å²) in [7, 11) is 0. The lowest BCUT2D eigenvalue weighted by Crippen LogP contribution is -2.25. The Hall–Kier alpha value is -2.67. The molecule has 2 rings (SSSR count). The smallest absolute Gasteiger partial charge is 0.261 e. The van der Waals surface area contributed by atoms with Crippen molar-refractivity contribution in [3.8, 4) is 6.07 Å². The van der Waals surface area contributed by atoms with Gasteiger partial charge in [0.15, 0.2) is 0 Å². The van der Waals surface area contributed by atoms with Gasteiger partial charge >= 0.3 is 0 Å². The molecule has 0 spiro atoms. The molecule has 1 aromatic heterocycles. The normalized spacial score (nSPS) is 11.1. The second-order valence-electron chi connectivity index (χ2n) is 4.34. The van der Waals surface area contributed by atoms with E-state index in [-0.39, 0.29) is 11.5 Å². The molecule has 0 saturated heterocycles. The molecule has 0 aliphatic rings. The Morgan fingerprint density at radius 1 is 1.40 bits per heavy atom. The fourth-order valence-corrected chi connectivity index (χ4v) is 1.89. The highest BCUT2D eigenvalue weighted by Crippen LogP contribution is 2.19. The Labute approximate surface area is 117 Å². The van der Waals surface area contributed by atoms with Crippen molar-refractivity contribution in [2.75, 3.05) is 6.54 Å². The van der Waals surface area contributed by atoms with E-state index in [0.29, 0.717) is 6.54 Å². The summed E-state index contributed by atoms with van der Waals surface area (Å²) in [6.45, 7) is 2.53. The highest BCUT2D eigenvalue weighted by atomic mass is 16.1. The van der Waals surface area contributed by atoms with Gasteiger partial charge in [-0.3, -0.25) is 9.78 Å². The number of nitrogens with zero attached hydrogens (tertiary/aromatic N) is 2. The van der Waals surface area contributed by atoms with Crippen LogP contribution in [0.4, 0.5) is 0 Å². The van der Waals surface area contributed by atoms with E-state index in [4.69, 9.17) is 5.26 Å². The van der Waals surface area contributed by atoms with Crippen LogP contribution in [0.25, 0.3) is 17.0 Å². The van der Waals surface area contributed by atoms with Crippen LogP contribution in [0.1, 0.15) is 18.9 Å². The van der Waals surface area contributed by atoms with Crippen LogP contribution in [-0.4, -0.2) is 17.4 Å². The minimum Gasteiger partial charge on any atom is -0.351 e. The van der Waals surface area contributed by atoms with Gasteiger partial charge < -0.3 is 5.32 Å². The Kier molecular flexibility index (Phi) is 4.46. The maximum absolute atomic E-state index is 11.9. The molecular formula is C16H15N3O. The molecular weight excluding hydrogens is 250 g/mol. The van der Waals surface area contributed by atoms with Crippen molar-refractivity contribution in [1.29, 1.82) is 5.26 Å². The summed E-state index contributed by atoms with van der Waals surface area (Å²) in [5, 5.41) is 12.8. The number of pyridine rings is 1. The fraction of sp³-hybridized carbons (Fsp3) is 0.188. The molecule has 1 N–H and O–H groups in total. The van der Waals surface area contributed by atoms with Crippen LogP contribution in [-0.2, 0) is 4.79 Å². The Balaban J connectivity index is 2.40. The molecule has 100 valence electrons. The number of carbonyl (C=O) groups excluding carboxylic acids is 1. The van der Waals surface area contributed by atoms with Crippen LogP contribution in [0, 0.1) is 11.3 Å². The zero-order chi connectivity index (χ0) is 14.4. The van der Waals surface area contributed by atoms with Crippen molar-refractivity contribution in [1.82, 2.24) is 10.3 Å². The van der Waals surface area contributed by atoms with Crippen LogP contribution in [0.3, 0.4) is 0 Å². The van der Waals surface area contributed by atoms with E-state index in [1.165, 1.54) is 0 Å². The summed E-state index contributed by atoms with van der Waals surface area (Å²) in [5.41, 5.74) is 1.76. The Morgan fingerprint density at radius 2 is 2.25 bits per heavy atom. The second kappa shape index (κ2) is 6.48. The van der Waals surface area contributed by atoms with Gasteiger partial charge in [0.1, 0.15) is 11.6 Å². The minimum atomic E-state index is -0.338. The summed E-state index contributed by atoms with van der Waals surface area (Å²) in [5.74, 6) is -0.338. The van der Waals surface area contributed by atoms with Gasteiger partial charge in [-0.05, 0) is 30.2 Å². The Morgan fingerprint density at radius 3 is 3.00 bits per heavy atom. The van der Waals surface area contributed by atoms with E-state index in [2.05, 4.69) is 10.3 Å². The molecule has 0 radical (unpaired) electrons. The van der Waals surface area contributed by atoms with Gasteiger partial charge in [0.2, 0.25) is 0 Å². The van der Waals surface area contributed by atoms with Crippen molar-refractivity contribution in [2.24, 2.45) is 0 Å². The predicted octanol–water partition coefficient (Wildman–Crippen LogP) is 2.67. The van der Waals surface area contributed by atoms with Crippen molar-refractivity contribution < 1.29 is 4.79 Å². The molecule has 0 unspecified atom stereocenters. The van der Waals surface area contributed by atoms with E-state index in [1.54, 1.807) is 12.3 Å². The second-order valence-corrected chi connectivity index (χ2v) is 4.34. The molecule has 0 atom stereocenters. The molecule has 1 heterocycles. The Bertz CT molecular complexity index is 693. The highest BCUT2D eigenvalue weighted by molar-refractivity contribution is 6.03. The molecule has 2 aromatic rings. The average Bonchev–Trinajstić information content (AvgIpc) is 2.50. The summed E-state index contributed by atoms with van der Waals surface area (Å²) in [4.78, 5) is 16.1. The minimum absolute atomic E-state index is 0.106. The molecule has 4 nitrogen and oxygen atoms in total. The van der Waals surface area contributed by atoms with E-state index in [1.807, 2.05) is 43.3 Å². The van der Waals surface area contributed by atoms with Gasteiger partial charge in [-0.1, -0.05) is 25.1 Å². The molecule has 0 fully saturated rings. The van der Waals surface area contributed by atoms with E-state index >= 15 is 0 Å². The molecule has 1 aromatic carbocycles. The molecule has 0 aliphatic carbocycles. The summed E-state index contributed by atoms with van der Waals surface area (Å²) >= 11 is 0. The third-order valence-electron chi connectivity index (χ3n) is 2.88. The maximum atomic E-state index is 11.9. The zero-order valence-electron chi connectivity index (χ0n) is 11.3. The first kappa shape index (κ1) is 13.8. The maximum Gasteiger partial charge on any atom is 0.261 e. The summed E-state index contributed by atoms with van der Waals surface area (Å²) < 4.78 is 0. The number of amides is 1. The number of fused-ring (bicyclic) bond motifs is 1. The molecule has 1 amide bonds. The number of nitrogens with one attached hydrogen (secondary N) is 1. The van der Waals surface area contributed by atoms with Crippen molar-refractivity contribution in [3.63, 3.8) is 0 Å². The van der Waals surface area contributed by atoms with Crippen LogP contribution < -0.4 is 5.32 Å². The quantitative estimate of drug-likeness (QED) is 0.682. The first-order valence-corrected chi connectivity index (χ1v) is 6.50. The number of nitriles is 1.